The van der Waals surface area contributed by atoms with Gasteiger partial charge in [0.15, 0.2) is 0 Å². The summed E-state index contributed by atoms with van der Waals surface area (Å²) in [6, 6.07) is 7.29. The topological polar surface area (TPSA) is 50.4 Å². The Bertz CT molecular complexity index is 374. The van der Waals surface area contributed by atoms with E-state index in [1.807, 2.05) is 38.1 Å². The summed E-state index contributed by atoms with van der Waals surface area (Å²) in [6.07, 6.45) is 0. The van der Waals surface area contributed by atoms with Crippen molar-refractivity contribution in [3.8, 4) is 5.75 Å². The van der Waals surface area contributed by atoms with Crippen molar-refractivity contribution in [3.05, 3.63) is 24.3 Å². The SMILES string of the molecule is CCOc1ccc(NC(=O)NC(C)C(C)C)cc1. The Morgan fingerprint density at radius 3 is 2.33 bits per heavy atom. The van der Waals surface area contributed by atoms with Crippen molar-refractivity contribution in [3.63, 3.8) is 0 Å². The van der Waals surface area contributed by atoms with Gasteiger partial charge in [-0.3, -0.25) is 0 Å². The first kappa shape index (κ1) is 14.4. The van der Waals surface area contributed by atoms with Crippen LogP contribution in [0.1, 0.15) is 27.7 Å². The van der Waals surface area contributed by atoms with Crippen molar-refractivity contribution in [2.75, 3.05) is 11.9 Å². The molecule has 1 unspecified atom stereocenters. The monoisotopic (exact) mass is 250 g/mol. The smallest absolute Gasteiger partial charge is 0.319 e. The van der Waals surface area contributed by atoms with Crippen LogP contribution < -0.4 is 15.4 Å². The lowest BCUT2D eigenvalue weighted by molar-refractivity contribution is 0.246. The second-order valence-corrected chi connectivity index (χ2v) is 4.59. The fourth-order valence-corrected chi connectivity index (χ4v) is 1.34. The molecule has 1 atom stereocenters. The van der Waals surface area contributed by atoms with Gasteiger partial charge in [0.25, 0.3) is 0 Å². The number of rotatable bonds is 5. The molecule has 0 aromatic heterocycles. The maximum atomic E-state index is 11.7. The van der Waals surface area contributed by atoms with Crippen LogP contribution >= 0.6 is 0 Å². The number of urea groups is 1. The van der Waals surface area contributed by atoms with Crippen molar-refractivity contribution in [1.29, 1.82) is 0 Å². The Hall–Kier alpha value is -1.71. The Labute approximate surface area is 109 Å². The number of carbonyl (C=O) groups is 1. The van der Waals surface area contributed by atoms with E-state index in [-0.39, 0.29) is 12.1 Å². The van der Waals surface area contributed by atoms with Gasteiger partial charge in [0.2, 0.25) is 0 Å². The average molecular weight is 250 g/mol. The van der Waals surface area contributed by atoms with Crippen LogP contribution in [0.5, 0.6) is 5.75 Å². The highest BCUT2D eigenvalue weighted by Crippen LogP contribution is 2.15. The zero-order chi connectivity index (χ0) is 13.5. The van der Waals surface area contributed by atoms with Crippen molar-refractivity contribution in [1.82, 2.24) is 5.32 Å². The molecule has 2 amide bonds. The molecule has 4 nitrogen and oxygen atoms in total. The quantitative estimate of drug-likeness (QED) is 0.842. The van der Waals surface area contributed by atoms with Crippen LogP contribution in [0.15, 0.2) is 24.3 Å². The molecule has 0 radical (unpaired) electrons. The first-order valence-electron chi connectivity index (χ1n) is 6.33. The third-order valence-electron chi connectivity index (χ3n) is 2.78. The Kier molecular flexibility index (Phi) is 5.49. The van der Waals surface area contributed by atoms with Crippen LogP contribution in [0.3, 0.4) is 0 Å². The van der Waals surface area contributed by atoms with E-state index < -0.39 is 0 Å². The zero-order valence-corrected chi connectivity index (χ0v) is 11.5. The molecule has 0 aliphatic heterocycles. The van der Waals surface area contributed by atoms with Crippen molar-refractivity contribution >= 4 is 11.7 Å². The minimum absolute atomic E-state index is 0.146. The number of benzene rings is 1. The third-order valence-corrected chi connectivity index (χ3v) is 2.78. The molecule has 0 bridgehead atoms. The minimum Gasteiger partial charge on any atom is -0.494 e. The van der Waals surface area contributed by atoms with Gasteiger partial charge in [-0.1, -0.05) is 13.8 Å². The van der Waals surface area contributed by atoms with Crippen molar-refractivity contribution < 1.29 is 9.53 Å². The number of amides is 2. The van der Waals surface area contributed by atoms with Crippen LogP contribution in [0.2, 0.25) is 0 Å². The molecule has 0 fully saturated rings. The molecule has 100 valence electrons. The molecule has 0 heterocycles. The molecule has 0 aliphatic rings. The van der Waals surface area contributed by atoms with E-state index in [9.17, 15) is 4.79 Å². The predicted molar refractivity (Wildman–Crippen MR) is 74.1 cm³/mol. The minimum atomic E-state index is -0.180. The first-order valence-corrected chi connectivity index (χ1v) is 6.33. The van der Waals surface area contributed by atoms with Gasteiger partial charge < -0.3 is 15.4 Å². The Morgan fingerprint density at radius 2 is 1.83 bits per heavy atom. The summed E-state index contributed by atoms with van der Waals surface area (Å²) in [6.45, 7) is 8.71. The summed E-state index contributed by atoms with van der Waals surface area (Å²) in [7, 11) is 0. The van der Waals surface area contributed by atoms with E-state index >= 15 is 0 Å². The van der Waals surface area contributed by atoms with Crippen LogP contribution in [0, 0.1) is 5.92 Å². The standard InChI is InChI=1S/C14H22N2O2/c1-5-18-13-8-6-12(7-9-13)16-14(17)15-11(4)10(2)3/h6-11H,5H2,1-4H3,(H2,15,16,17). The molecule has 0 saturated carbocycles. The molecule has 1 aromatic carbocycles. The number of anilines is 1. The van der Waals surface area contributed by atoms with Gasteiger partial charge >= 0.3 is 6.03 Å². The highest BCUT2D eigenvalue weighted by Gasteiger charge is 2.10. The van der Waals surface area contributed by atoms with E-state index in [0.717, 1.165) is 11.4 Å². The largest absolute Gasteiger partial charge is 0.494 e. The number of ether oxygens (including phenoxy) is 1. The maximum Gasteiger partial charge on any atom is 0.319 e. The van der Waals surface area contributed by atoms with E-state index in [4.69, 9.17) is 4.74 Å². The molecular weight excluding hydrogens is 228 g/mol. The summed E-state index contributed by atoms with van der Waals surface area (Å²) in [5.41, 5.74) is 0.756. The fourth-order valence-electron chi connectivity index (χ4n) is 1.34. The molecule has 0 aliphatic carbocycles. The lowest BCUT2D eigenvalue weighted by Gasteiger charge is -2.17. The van der Waals surface area contributed by atoms with Gasteiger partial charge in [-0.2, -0.15) is 0 Å². The van der Waals surface area contributed by atoms with Crippen LogP contribution in [0.4, 0.5) is 10.5 Å². The molecule has 2 N–H and O–H groups in total. The summed E-state index contributed by atoms with van der Waals surface area (Å²) >= 11 is 0. The Morgan fingerprint density at radius 1 is 1.22 bits per heavy atom. The van der Waals surface area contributed by atoms with Gasteiger partial charge in [0, 0.05) is 11.7 Å². The van der Waals surface area contributed by atoms with E-state index in [1.54, 1.807) is 0 Å². The number of hydrogen-bond acceptors (Lipinski definition) is 2. The molecule has 0 saturated heterocycles. The van der Waals surface area contributed by atoms with Gasteiger partial charge in [-0.15, -0.1) is 0 Å². The van der Waals surface area contributed by atoms with Gasteiger partial charge in [0.05, 0.1) is 6.61 Å². The maximum absolute atomic E-state index is 11.7. The Balaban J connectivity index is 2.49. The molecule has 1 aromatic rings. The van der Waals surface area contributed by atoms with Gasteiger partial charge in [-0.25, -0.2) is 4.79 Å². The summed E-state index contributed by atoms with van der Waals surface area (Å²) in [4.78, 5) is 11.7. The molecular formula is C14H22N2O2. The average Bonchev–Trinajstić information content (AvgIpc) is 2.31. The molecule has 1 rings (SSSR count). The molecule has 0 spiro atoms. The van der Waals surface area contributed by atoms with Crippen LogP contribution in [-0.2, 0) is 0 Å². The summed E-state index contributed by atoms with van der Waals surface area (Å²) in [5.74, 6) is 1.22. The normalized spacial score (nSPS) is 12.1. The first-order chi connectivity index (χ1) is 8.52. The highest BCUT2D eigenvalue weighted by molar-refractivity contribution is 5.89. The van der Waals surface area contributed by atoms with Gasteiger partial charge in [0.1, 0.15) is 5.75 Å². The second kappa shape index (κ2) is 6.89. The lowest BCUT2D eigenvalue weighted by Crippen LogP contribution is -2.38. The van der Waals surface area contributed by atoms with Crippen LogP contribution in [-0.4, -0.2) is 18.7 Å². The lowest BCUT2D eigenvalue weighted by atomic mass is 10.1. The second-order valence-electron chi connectivity index (χ2n) is 4.59. The van der Waals surface area contributed by atoms with Crippen molar-refractivity contribution in [2.24, 2.45) is 5.92 Å². The van der Waals surface area contributed by atoms with Gasteiger partial charge in [-0.05, 0) is 44.0 Å². The number of carbonyl (C=O) groups excluding carboxylic acids is 1. The van der Waals surface area contributed by atoms with E-state index in [0.29, 0.717) is 12.5 Å². The number of hydrogen-bond donors (Lipinski definition) is 2. The van der Waals surface area contributed by atoms with E-state index in [1.165, 1.54) is 0 Å². The predicted octanol–water partition coefficient (Wildman–Crippen LogP) is 3.25. The zero-order valence-electron chi connectivity index (χ0n) is 11.5. The van der Waals surface area contributed by atoms with E-state index in [2.05, 4.69) is 24.5 Å². The summed E-state index contributed by atoms with van der Waals surface area (Å²) in [5, 5.41) is 5.68. The summed E-state index contributed by atoms with van der Waals surface area (Å²) < 4.78 is 5.33. The fraction of sp³-hybridized carbons (Fsp3) is 0.500. The highest BCUT2D eigenvalue weighted by atomic mass is 16.5. The number of nitrogens with one attached hydrogen (secondary N) is 2. The molecule has 18 heavy (non-hydrogen) atoms. The molecule has 4 heteroatoms. The van der Waals surface area contributed by atoms with Crippen molar-refractivity contribution in [2.45, 2.75) is 33.7 Å². The third kappa shape index (κ3) is 4.65. The van der Waals surface area contributed by atoms with Crippen LogP contribution in [0.25, 0.3) is 0 Å².